The first-order chi connectivity index (χ1) is 14.4. The Morgan fingerprint density at radius 2 is 1.63 bits per heavy atom. The average Bonchev–Trinajstić information content (AvgIpc) is 2.69. The van der Waals surface area contributed by atoms with E-state index in [-0.39, 0.29) is 30.4 Å². The van der Waals surface area contributed by atoms with Crippen LogP contribution in [0, 0.1) is 23.2 Å². The summed E-state index contributed by atoms with van der Waals surface area (Å²) in [6, 6.07) is 9.63. The number of rotatable bonds is 8. The van der Waals surface area contributed by atoms with Crippen molar-refractivity contribution in [3.8, 4) is 0 Å². The van der Waals surface area contributed by atoms with Gasteiger partial charge in [-0.15, -0.1) is 0 Å². The Kier molecular flexibility index (Phi) is 6.11. The molecular formula is C24H32N2O4. The highest BCUT2D eigenvalue weighted by Crippen LogP contribution is 2.61. The van der Waals surface area contributed by atoms with Gasteiger partial charge in [-0.2, -0.15) is 0 Å². The Balaban J connectivity index is 1.16. The smallest absolute Gasteiger partial charge is 0.325 e. The van der Waals surface area contributed by atoms with Crippen LogP contribution < -0.4 is 5.32 Å². The molecule has 0 radical (unpaired) electrons. The molecule has 1 N–H and O–H groups in total. The van der Waals surface area contributed by atoms with Crippen LogP contribution in [0.4, 0.5) is 0 Å². The van der Waals surface area contributed by atoms with E-state index in [1.54, 1.807) is 7.05 Å². The van der Waals surface area contributed by atoms with Gasteiger partial charge in [-0.05, 0) is 67.3 Å². The summed E-state index contributed by atoms with van der Waals surface area (Å²) in [5, 5.41) is 2.71. The van der Waals surface area contributed by atoms with Crippen molar-refractivity contribution >= 4 is 17.8 Å². The van der Waals surface area contributed by atoms with E-state index in [1.807, 2.05) is 30.3 Å². The van der Waals surface area contributed by atoms with E-state index in [4.69, 9.17) is 4.74 Å². The van der Waals surface area contributed by atoms with Gasteiger partial charge in [0, 0.05) is 20.0 Å². The molecule has 6 nitrogen and oxygen atoms in total. The summed E-state index contributed by atoms with van der Waals surface area (Å²) < 4.78 is 5.06. The molecule has 2 amide bonds. The predicted octanol–water partition coefficient (Wildman–Crippen LogP) is 2.91. The van der Waals surface area contributed by atoms with Gasteiger partial charge in [0.25, 0.3) is 5.91 Å². The molecule has 0 spiro atoms. The molecule has 4 aliphatic rings. The fourth-order valence-electron chi connectivity index (χ4n) is 6.33. The molecule has 6 heteroatoms. The van der Waals surface area contributed by atoms with Gasteiger partial charge in [0.15, 0.2) is 6.61 Å². The summed E-state index contributed by atoms with van der Waals surface area (Å²) in [6.45, 7) is -0.0348. The van der Waals surface area contributed by atoms with Gasteiger partial charge in [-0.3, -0.25) is 14.4 Å². The lowest BCUT2D eigenvalue weighted by Crippen LogP contribution is -2.48. The maximum Gasteiger partial charge on any atom is 0.325 e. The van der Waals surface area contributed by atoms with E-state index in [0.29, 0.717) is 13.0 Å². The predicted molar refractivity (Wildman–Crippen MR) is 112 cm³/mol. The van der Waals surface area contributed by atoms with Crippen molar-refractivity contribution < 1.29 is 19.1 Å². The van der Waals surface area contributed by atoms with Crippen molar-refractivity contribution in [2.24, 2.45) is 23.2 Å². The molecule has 0 unspecified atom stereocenters. The Hall–Kier alpha value is -2.37. The number of benzene rings is 1. The van der Waals surface area contributed by atoms with Crippen LogP contribution in [0.3, 0.4) is 0 Å². The number of likely N-dealkylation sites (N-methyl/N-ethyl adjacent to an activating group) is 1. The van der Waals surface area contributed by atoms with Crippen molar-refractivity contribution in [2.45, 2.75) is 51.5 Å². The summed E-state index contributed by atoms with van der Waals surface area (Å²) in [7, 11) is 1.68. The Bertz CT molecular complexity index is 756. The molecule has 0 atom stereocenters. The van der Waals surface area contributed by atoms with E-state index in [0.717, 1.165) is 23.3 Å². The third-order valence-electron chi connectivity index (χ3n) is 7.18. The maximum atomic E-state index is 12.5. The largest absolute Gasteiger partial charge is 0.454 e. The first kappa shape index (κ1) is 20.9. The van der Waals surface area contributed by atoms with Crippen molar-refractivity contribution in [1.82, 2.24) is 10.2 Å². The van der Waals surface area contributed by atoms with Crippen molar-refractivity contribution in [2.75, 3.05) is 20.2 Å². The molecule has 4 bridgehead atoms. The molecule has 30 heavy (non-hydrogen) atoms. The van der Waals surface area contributed by atoms with E-state index < -0.39 is 5.97 Å². The number of esters is 1. The number of ether oxygens (including phenoxy) is 1. The second-order valence-corrected chi connectivity index (χ2v) is 9.77. The zero-order valence-corrected chi connectivity index (χ0v) is 17.8. The van der Waals surface area contributed by atoms with Gasteiger partial charge in [0.05, 0.1) is 0 Å². The van der Waals surface area contributed by atoms with E-state index >= 15 is 0 Å². The van der Waals surface area contributed by atoms with Gasteiger partial charge in [0.2, 0.25) is 5.91 Å². The molecular weight excluding hydrogens is 380 g/mol. The minimum absolute atomic E-state index is 0.0681. The summed E-state index contributed by atoms with van der Waals surface area (Å²) in [4.78, 5) is 38.2. The second kappa shape index (κ2) is 8.78. The van der Waals surface area contributed by atoms with Gasteiger partial charge in [0.1, 0.15) is 6.54 Å². The topological polar surface area (TPSA) is 75.7 Å². The quantitative estimate of drug-likeness (QED) is 0.666. The monoisotopic (exact) mass is 412 g/mol. The summed E-state index contributed by atoms with van der Waals surface area (Å²) in [6.07, 6.45) is 8.06. The highest BCUT2D eigenvalue weighted by Gasteiger charge is 2.51. The molecule has 4 aliphatic carbocycles. The fourth-order valence-corrected chi connectivity index (χ4v) is 6.33. The standard InChI is InChI=1S/C24H32N2O4/c1-26(15-17-5-3-2-4-6-17)22(28)16-30-23(29)14-25-21(27)13-24-10-18-7-19(11-24)9-20(8-18)12-24/h2-6,18-20H,7-16H2,1H3,(H,25,27). The van der Waals surface area contributed by atoms with Crippen LogP contribution in [0.25, 0.3) is 0 Å². The van der Waals surface area contributed by atoms with Gasteiger partial charge in [-0.25, -0.2) is 0 Å². The molecule has 162 valence electrons. The van der Waals surface area contributed by atoms with E-state index in [9.17, 15) is 14.4 Å². The van der Waals surface area contributed by atoms with Crippen LogP contribution in [0.2, 0.25) is 0 Å². The van der Waals surface area contributed by atoms with Crippen molar-refractivity contribution in [1.29, 1.82) is 0 Å². The zero-order valence-electron chi connectivity index (χ0n) is 17.8. The molecule has 4 fully saturated rings. The molecule has 0 heterocycles. The SMILES string of the molecule is CN(Cc1ccccc1)C(=O)COC(=O)CNC(=O)CC12CC3CC(CC(C3)C1)C2. The lowest BCUT2D eigenvalue weighted by Gasteiger charge is -2.56. The summed E-state index contributed by atoms with van der Waals surface area (Å²) in [5.74, 6) is 1.48. The average molecular weight is 413 g/mol. The Labute approximate surface area is 178 Å². The summed E-state index contributed by atoms with van der Waals surface area (Å²) >= 11 is 0. The maximum absolute atomic E-state index is 12.5. The zero-order chi connectivity index (χ0) is 21.1. The normalized spacial score (nSPS) is 28.8. The minimum Gasteiger partial charge on any atom is -0.454 e. The number of hydrogen-bond acceptors (Lipinski definition) is 4. The van der Waals surface area contributed by atoms with Crippen LogP contribution in [0.5, 0.6) is 0 Å². The number of nitrogens with one attached hydrogen (secondary N) is 1. The number of carbonyl (C=O) groups is 3. The fraction of sp³-hybridized carbons (Fsp3) is 0.625. The molecule has 1 aromatic carbocycles. The molecule has 4 saturated carbocycles. The van der Waals surface area contributed by atoms with Crippen LogP contribution >= 0.6 is 0 Å². The van der Waals surface area contributed by atoms with Crippen LogP contribution in [0.15, 0.2) is 30.3 Å². The summed E-state index contributed by atoms with van der Waals surface area (Å²) in [5.41, 5.74) is 1.16. The highest BCUT2D eigenvalue weighted by molar-refractivity contribution is 5.84. The van der Waals surface area contributed by atoms with Gasteiger partial charge < -0.3 is 15.0 Å². The molecule has 1 aromatic rings. The van der Waals surface area contributed by atoms with E-state index in [1.165, 1.54) is 43.4 Å². The lowest BCUT2D eigenvalue weighted by molar-refractivity contribution is -0.151. The third-order valence-corrected chi connectivity index (χ3v) is 7.18. The molecule has 0 aliphatic heterocycles. The highest BCUT2D eigenvalue weighted by atomic mass is 16.5. The van der Waals surface area contributed by atoms with E-state index in [2.05, 4.69) is 5.32 Å². The number of hydrogen-bond donors (Lipinski definition) is 1. The lowest BCUT2D eigenvalue weighted by atomic mass is 9.49. The first-order valence-electron chi connectivity index (χ1n) is 11.1. The minimum atomic E-state index is -0.574. The third kappa shape index (κ3) is 5.02. The van der Waals surface area contributed by atoms with Crippen LogP contribution in [0.1, 0.15) is 50.5 Å². The van der Waals surface area contributed by atoms with Crippen LogP contribution in [-0.2, 0) is 25.7 Å². The molecule has 0 saturated heterocycles. The Morgan fingerprint density at radius 3 is 2.23 bits per heavy atom. The second-order valence-electron chi connectivity index (χ2n) is 9.77. The Morgan fingerprint density at radius 1 is 1.03 bits per heavy atom. The molecule has 0 aromatic heterocycles. The number of carbonyl (C=O) groups excluding carboxylic acids is 3. The van der Waals surface area contributed by atoms with Gasteiger partial charge in [-0.1, -0.05) is 30.3 Å². The number of nitrogens with zero attached hydrogens (tertiary/aromatic N) is 1. The van der Waals surface area contributed by atoms with Crippen LogP contribution in [-0.4, -0.2) is 42.9 Å². The van der Waals surface area contributed by atoms with Gasteiger partial charge >= 0.3 is 5.97 Å². The first-order valence-corrected chi connectivity index (χ1v) is 11.1. The van der Waals surface area contributed by atoms with Crippen molar-refractivity contribution in [3.05, 3.63) is 35.9 Å². The van der Waals surface area contributed by atoms with Crippen molar-refractivity contribution in [3.63, 3.8) is 0 Å². The number of amides is 2. The molecule has 5 rings (SSSR count).